The number of carboxylic acid groups (broad SMARTS) is 1. The Balaban J connectivity index is 2.00. The molecule has 0 bridgehead atoms. The maximum atomic E-state index is 11.3. The van der Waals surface area contributed by atoms with Gasteiger partial charge in [-0.1, -0.05) is 19.4 Å². The number of benzene rings is 1. The van der Waals surface area contributed by atoms with Gasteiger partial charge in [0.2, 0.25) is 0 Å². The van der Waals surface area contributed by atoms with Crippen LogP contribution in [0.4, 0.5) is 0 Å². The number of aromatic carboxylic acids is 1. The molecule has 2 rings (SSSR count). The molecule has 110 valence electrons. The van der Waals surface area contributed by atoms with Crippen molar-refractivity contribution in [3.8, 4) is 5.75 Å². The van der Waals surface area contributed by atoms with E-state index in [1.165, 1.54) is 0 Å². The second-order valence-corrected chi connectivity index (χ2v) is 5.24. The van der Waals surface area contributed by atoms with Crippen molar-refractivity contribution >= 4 is 5.97 Å². The molecule has 0 aliphatic carbocycles. The van der Waals surface area contributed by atoms with Crippen molar-refractivity contribution in [1.82, 2.24) is 0 Å². The second kappa shape index (κ2) is 7.29. The number of ether oxygens (including phenoxy) is 2. The molecule has 1 aliphatic heterocycles. The zero-order valence-corrected chi connectivity index (χ0v) is 11.9. The van der Waals surface area contributed by atoms with E-state index in [-0.39, 0.29) is 0 Å². The summed E-state index contributed by atoms with van der Waals surface area (Å²) in [6, 6.07) is 5.38. The molecule has 0 radical (unpaired) electrons. The summed E-state index contributed by atoms with van der Waals surface area (Å²) in [5.74, 6) is 0.269. The molecule has 1 aliphatic rings. The lowest BCUT2D eigenvalue weighted by Gasteiger charge is -2.22. The molecule has 1 N–H and O–H groups in total. The molecular formula is C16H22O4. The van der Waals surface area contributed by atoms with Gasteiger partial charge in [0.1, 0.15) is 5.75 Å². The normalized spacial score (nSPS) is 16.1. The summed E-state index contributed by atoms with van der Waals surface area (Å²) in [4.78, 5) is 11.3. The summed E-state index contributed by atoms with van der Waals surface area (Å²) >= 11 is 0. The zero-order chi connectivity index (χ0) is 14.4. The molecule has 1 fully saturated rings. The monoisotopic (exact) mass is 278 g/mol. The van der Waals surface area contributed by atoms with Crippen molar-refractivity contribution in [2.75, 3.05) is 19.8 Å². The number of carboxylic acids is 1. The predicted molar refractivity (Wildman–Crippen MR) is 76.4 cm³/mol. The van der Waals surface area contributed by atoms with Crippen LogP contribution in [0.5, 0.6) is 5.75 Å². The first-order chi connectivity index (χ1) is 9.70. The fourth-order valence-electron chi connectivity index (χ4n) is 2.46. The van der Waals surface area contributed by atoms with E-state index in [1.54, 1.807) is 6.07 Å². The predicted octanol–water partition coefficient (Wildman–Crippen LogP) is 3.14. The van der Waals surface area contributed by atoms with Crippen molar-refractivity contribution in [2.24, 2.45) is 5.92 Å². The SMILES string of the molecule is CCCc1ccc(OCC2CCOCC2)cc1C(=O)O. The van der Waals surface area contributed by atoms with Gasteiger partial charge in [-0.25, -0.2) is 4.79 Å². The summed E-state index contributed by atoms with van der Waals surface area (Å²) in [5, 5.41) is 9.26. The molecular weight excluding hydrogens is 256 g/mol. The van der Waals surface area contributed by atoms with Crippen LogP contribution >= 0.6 is 0 Å². The van der Waals surface area contributed by atoms with Crippen LogP contribution in [0.3, 0.4) is 0 Å². The topological polar surface area (TPSA) is 55.8 Å². The Hall–Kier alpha value is -1.55. The third-order valence-corrected chi connectivity index (χ3v) is 3.66. The molecule has 4 nitrogen and oxygen atoms in total. The van der Waals surface area contributed by atoms with E-state index < -0.39 is 5.97 Å². The molecule has 1 aromatic rings. The van der Waals surface area contributed by atoms with Gasteiger partial charge in [-0.2, -0.15) is 0 Å². The molecule has 0 saturated carbocycles. The summed E-state index contributed by atoms with van der Waals surface area (Å²) in [6.07, 6.45) is 3.74. The Kier molecular flexibility index (Phi) is 5.41. The number of hydrogen-bond acceptors (Lipinski definition) is 3. The molecule has 1 saturated heterocycles. The minimum atomic E-state index is -0.884. The van der Waals surface area contributed by atoms with Crippen molar-refractivity contribution in [3.63, 3.8) is 0 Å². The minimum Gasteiger partial charge on any atom is -0.493 e. The van der Waals surface area contributed by atoms with Gasteiger partial charge in [0, 0.05) is 13.2 Å². The Morgan fingerprint density at radius 1 is 1.40 bits per heavy atom. The van der Waals surface area contributed by atoms with Gasteiger partial charge >= 0.3 is 5.97 Å². The Morgan fingerprint density at radius 3 is 2.80 bits per heavy atom. The number of carbonyl (C=O) groups is 1. The largest absolute Gasteiger partial charge is 0.493 e. The highest BCUT2D eigenvalue weighted by molar-refractivity contribution is 5.89. The van der Waals surface area contributed by atoms with Gasteiger partial charge in [0.25, 0.3) is 0 Å². The van der Waals surface area contributed by atoms with Crippen LogP contribution in [0, 0.1) is 5.92 Å². The van der Waals surface area contributed by atoms with Gasteiger partial charge in [0.05, 0.1) is 12.2 Å². The lowest BCUT2D eigenvalue weighted by atomic mass is 10.0. The summed E-state index contributed by atoms with van der Waals surface area (Å²) in [7, 11) is 0. The third-order valence-electron chi connectivity index (χ3n) is 3.66. The van der Waals surface area contributed by atoms with Crippen LogP contribution in [0.15, 0.2) is 18.2 Å². The zero-order valence-electron chi connectivity index (χ0n) is 11.9. The molecule has 0 unspecified atom stereocenters. The van der Waals surface area contributed by atoms with Crippen molar-refractivity contribution in [1.29, 1.82) is 0 Å². The quantitative estimate of drug-likeness (QED) is 0.868. The van der Waals surface area contributed by atoms with E-state index in [2.05, 4.69) is 0 Å². The number of aryl methyl sites for hydroxylation is 1. The highest BCUT2D eigenvalue weighted by Gasteiger charge is 2.15. The van der Waals surface area contributed by atoms with E-state index in [9.17, 15) is 9.90 Å². The molecule has 0 atom stereocenters. The van der Waals surface area contributed by atoms with E-state index in [0.29, 0.717) is 23.8 Å². The van der Waals surface area contributed by atoms with Crippen molar-refractivity contribution in [2.45, 2.75) is 32.6 Å². The molecule has 4 heteroatoms. The standard InChI is InChI=1S/C16H22O4/c1-2-3-13-4-5-14(10-15(13)16(17)18)20-11-12-6-8-19-9-7-12/h4-5,10,12H,2-3,6-9,11H2,1H3,(H,17,18). The minimum absolute atomic E-state index is 0.358. The number of rotatable bonds is 6. The van der Waals surface area contributed by atoms with Crippen LogP contribution < -0.4 is 4.74 Å². The van der Waals surface area contributed by atoms with Gasteiger partial charge in [-0.05, 0) is 42.9 Å². The molecule has 0 aromatic heterocycles. The Morgan fingerprint density at radius 2 is 2.15 bits per heavy atom. The molecule has 0 amide bonds. The Bertz CT molecular complexity index is 450. The van der Waals surface area contributed by atoms with Crippen LogP contribution in [0.2, 0.25) is 0 Å². The second-order valence-electron chi connectivity index (χ2n) is 5.24. The van der Waals surface area contributed by atoms with Crippen molar-refractivity contribution in [3.05, 3.63) is 29.3 Å². The molecule has 20 heavy (non-hydrogen) atoms. The third kappa shape index (κ3) is 3.97. The maximum Gasteiger partial charge on any atom is 0.336 e. The average Bonchev–Trinajstić information content (AvgIpc) is 2.47. The fourth-order valence-corrected chi connectivity index (χ4v) is 2.46. The van der Waals surface area contributed by atoms with Gasteiger partial charge < -0.3 is 14.6 Å². The lowest BCUT2D eigenvalue weighted by Crippen LogP contribution is -2.21. The Labute approximate surface area is 119 Å². The molecule has 1 aromatic carbocycles. The van der Waals surface area contributed by atoms with E-state index >= 15 is 0 Å². The van der Waals surface area contributed by atoms with Gasteiger partial charge in [-0.15, -0.1) is 0 Å². The van der Waals surface area contributed by atoms with Gasteiger partial charge in [-0.3, -0.25) is 0 Å². The maximum absolute atomic E-state index is 11.3. The van der Waals surface area contributed by atoms with Crippen LogP contribution in [-0.2, 0) is 11.2 Å². The lowest BCUT2D eigenvalue weighted by molar-refractivity contribution is 0.0497. The van der Waals surface area contributed by atoms with Crippen LogP contribution in [-0.4, -0.2) is 30.9 Å². The molecule has 0 spiro atoms. The average molecular weight is 278 g/mol. The summed E-state index contributed by atoms with van der Waals surface area (Å²) < 4.78 is 11.1. The highest BCUT2D eigenvalue weighted by Crippen LogP contribution is 2.22. The van der Waals surface area contributed by atoms with Crippen LogP contribution in [0.25, 0.3) is 0 Å². The number of hydrogen-bond donors (Lipinski definition) is 1. The first kappa shape index (κ1) is 14.9. The van der Waals surface area contributed by atoms with Crippen molar-refractivity contribution < 1.29 is 19.4 Å². The van der Waals surface area contributed by atoms with Crippen LogP contribution in [0.1, 0.15) is 42.1 Å². The first-order valence-electron chi connectivity index (χ1n) is 7.27. The highest BCUT2D eigenvalue weighted by atomic mass is 16.5. The first-order valence-corrected chi connectivity index (χ1v) is 7.27. The van der Waals surface area contributed by atoms with E-state index in [1.807, 2.05) is 19.1 Å². The molecule has 1 heterocycles. The van der Waals surface area contributed by atoms with E-state index in [4.69, 9.17) is 9.47 Å². The fraction of sp³-hybridized carbons (Fsp3) is 0.562. The smallest absolute Gasteiger partial charge is 0.336 e. The van der Waals surface area contributed by atoms with E-state index in [0.717, 1.165) is 44.5 Å². The summed E-state index contributed by atoms with van der Waals surface area (Å²) in [5.41, 5.74) is 1.23. The summed E-state index contributed by atoms with van der Waals surface area (Å²) in [6.45, 7) is 4.27. The van der Waals surface area contributed by atoms with Gasteiger partial charge in [0.15, 0.2) is 0 Å².